The number of nitrogens with one attached hydrogen (secondary N) is 1. The summed E-state index contributed by atoms with van der Waals surface area (Å²) >= 11 is 0. The normalized spacial score (nSPS) is 33.1. The molecule has 3 rings (SSSR count). The summed E-state index contributed by atoms with van der Waals surface area (Å²) in [5, 5.41) is 2.85. The maximum atomic E-state index is 12.7. The van der Waals surface area contributed by atoms with E-state index in [1.165, 1.54) is 31.9 Å². The number of sulfone groups is 1. The minimum atomic E-state index is -3.00. The van der Waals surface area contributed by atoms with E-state index < -0.39 is 9.84 Å². The highest BCUT2D eigenvalue weighted by atomic mass is 32.2. The van der Waals surface area contributed by atoms with E-state index >= 15 is 0 Å². The Hall–Kier alpha value is -0.780. The lowest BCUT2D eigenvalue weighted by Gasteiger charge is -2.33. The van der Waals surface area contributed by atoms with Crippen molar-refractivity contribution in [3.8, 4) is 0 Å². The van der Waals surface area contributed by atoms with Crippen molar-refractivity contribution >= 4 is 15.9 Å². The molecule has 3 fully saturated rings. The third-order valence-electron chi connectivity index (χ3n) is 6.06. The van der Waals surface area contributed by atoms with Gasteiger partial charge in [-0.2, -0.15) is 0 Å². The Labute approximate surface area is 140 Å². The van der Waals surface area contributed by atoms with Crippen LogP contribution in [0.15, 0.2) is 0 Å². The molecule has 1 aliphatic heterocycles. The fraction of sp³-hybridized carbons (Fsp3) is 0.941. The first-order chi connectivity index (χ1) is 10.9. The predicted molar refractivity (Wildman–Crippen MR) is 91.1 cm³/mol. The number of likely N-dealkylation sites (tertiary alicyclic amines) is 1. The topological polar surface area (TPSA) is 66.5 Å². The Morgan fingerprint density at radius 3 is 2.43 bits per heavy atom. The van der Waals surface area contributed by atoms with Crippen molar-refractivity contribution in [3.05, 3.63) is 0 Å². The average molecular weight is 343 g/mol. The first kappa shape index (κ1) is 17.1. The van der Waals surface area contributed by atoms with Gasteiger partial charge in [0.2, 0.25) is 0 Å². The molecule has 1 heterocycles. The molecule has 6 heteroatoms. The molecule has 1 N–H and O–H groups in total. The number of hydrogen-bond acceptors (Lipinski definition) is 3. The maximum absolute atomic E-state index is 12.7. The molecule has 0 aromatic rings. The van der Waals surface area contributed by atoms with Gasteiger partial charge in [0.05, 0.1) is 5.25 Å². The van der Waals surface area contributed by atoms with E-state index in [0.717, 1.165) is 38.6 Å². The summed E-state index contributed by atoms with van der Waals surface area (Å²) in [7, 11) is -3.00. The number of hydrogen-bond donors (Lipinski definition) is 1. The molecule has 3 aliphatic rings. The van der Waals surface area contributed by atoms with Crippen molar-refractivity contribution in [3.63, 3.8) is 0 Å². The molecular weight excluding hydrogens is 312 g/mol. The van der Waals surface area contributed by atoms with Gasteiger partial charge in [-0.05, 0) is 50.9 Å². The van der Waals surface area contributed by atoms with E-state index in [-0.39, 0.29) is 17.3 Å². The minimum absolute atomic E-state index is 0.0146. The van der Waals surface area contributed by atoms with Gasteiger partial charge in [-0.3, -0.25) is 0 Å². The van der Waals surface area contributed by atoms with Crippen molar-refractivity contribution in [2.45, 2.75) is 81.5 Å². The monoisotopic (exact) mass is 342 g/mol. The zero-order valence-corrected chi connectivity index (χ0v) is 15.0. The highest BCUT2D eigenvalue weighted by Gasteiger charge is 2.37. The zero-order chi connectivity index (χ0) is 16.4. The highest BCUT2D eigenvalue weighted by Crippen LogP contribution is 2.35. The van der Waals surface area contributed by atoms with E-state index in [2.05, 4.69) is 5.32 Å². The molecule has 132 valence electrons. The van der Waals surface area contributed by atoms with Crippen LogP contribution in [0.25, 0.3) is 0 Å². The summed E-state index contributed by atoms with van der Waals surface area (Å²) in [6.07, 6.45) is 11.8. The van der Waals surface area contributed by atoms with Gasteiger partial charge in [0.1, 0.15) is 9.84 Å². The zero-order valence-electron chi connectivity index (χ0n) is 14.2. The molecular formula is C17H30N2O3S. The number of carbonyl (C=O) groups is 1. The van der Waals surface area contributed by atoms with Crippen molar-refractivity contribution in [1.29, 1.82) is 0 Å². The van der Waals surface area contributed by atoms with Crippen LogP contribution < -0.4 is 5.32 Å². The average Bonchev–Trinajstić information content (AvgIpc) is 3.17. The largest absolute Gasteiger partial charge is 0.335 e. The molecule has 23 heavy (non-hydrogen) atoms. The van der Waals surface area contributed by atoms with Gasteiger partial charge in [0.25, 0.3) is 0 Å². The van der Waals surface area contributed by atoms with Crippen molar-refractivity contribution in [2.75, 3.05) is 12.8 Å². The lowest BCUT2D eigenvalue weighted by molar-refractivity contribution is 0.166. The number of urea groups is 1. The summed E-state index contributed by atoms with van der Waals surface area (Å²) < 4.78 is 23.6. The number of amides is 2. The first-order valence-electron chi connectivity index (χ1n) is 9.21. The third kappa shape index (κ3) is 4.01. The number of rotatable bonds is 3. The number of nitrogens with zero attached hydrogens (tertiary/aromatic N) is 1. The standard InChI is InChI=1S/C17H30N2O3S/c1-23(21,22)15-9-4-8-14(12-15)18-17(20)19-11-5-10-16(19)13-6-2-3-7-13/h13-16H,2-12H2,1H3,(H,18,20)/t14-,15+,16+/m0/s1. The van der Waals surface area contributed by atoms with Crippen molar-refractivity contribution < 1.29 is 13.2 Å². The fourth-order valence-corrected chi connectivity index (χ4v) is 5.98. The summed E-state index contributed by atoms with van der Waals surface area (Å²) in [4.78, 5) is 14.7. The van der Waals surface area contributed by atoms with Crippen molar-refractivity contribution in [2.24, 2.45) is 5.92 Å². The van der Waals surface area contributed by atoms with Crippen LogP contribution in [0.1, 0.15) is 64.2 Å². The van der Waals surface area contributed by atoms with Crippen LogP contribution in [-0.4, -0.2) is 49.5 Å². The van der Waals surface area contributed by atoms with Gasteiger partial charge in [-0.25, -0.2) is 13.2 Å². The Morgan fingerprint density at radius 2 is 1.74 bits per heavy atom. The molecule has 5 nitrogen and oxygen atoms in total. The van der Waals surface area contributed by atoms with Gasteiger partial charge in [0, 0.05) is 24.9 Å². The Bertz CT molecular complexity index is 528. The lowest BCUT2D eigenvalue weighted by atomic mass is 9.94. The van der Waals surface area contributed by atoms with E-state index in [1.807, 2.05) is 4.90 Å². The predicted octanol–water partition coefficient (Wildman–Crippen LogP) is 2.71. The van der Waals surface area contributed by atoms with E-state index in [1.54, 1.807) is 0 Å². The Morgan fingerprint density at radius 1 is 1.00 bits per heavy atom. The summed E-state index contributed by atoms with van der Waals surface area (Å²) in [6.45, 7) is 0.856. The van der Waals surface area contributed by atoms with Crippen LogP contribution in [0.5, 0.6) is 0 Å². The van der Waals surface area contributed by atoms with Crippen LogP contribution >= 0.6 is 0 Å². The molecule has 0 unspecified atom stereocenters. The highest BCUT2D eigenvalue weighted by molar-refractivity contribution is 7.91. The molecule has 0 aromatic carbocycles. The van der Waals surface area contributed by atoms with Crippen molar-refractivity contribution in [1.82, 2.24) is 10.2 Å². The van der Waals surface area contributed by atoms with Gasteiger partial charge >= 0.3 is 6.03 Å². The van der Waals surface area contributed by atoms with Gasteiger partial charge in [0.15, 0.2) is 0 Å². The molecule has 2 amide bonds. The SMILES string of the molecule is CS(=O)(=O)[C@@H]1CCC[C@H](NC(=O)N2CCC[C@@H]2C2CCCC2)C1. The molecule has 0 radical (unpaired) electrons. The van der Waals surface area contributed by atoms with Crippen LogP contribution in [0.3, 0.4) is 0 Å². The molecule has 0 bridgehead atoms. The third-order valence-corrected chi connectivity index (χ3v) is 7.70. The van der Waals surface area contributed by atoms with Gasteiger partial charge in [-0.1, -0.05) is 19.3 Å². The van der Waals surface area contributed by atoms with Gasteiger partial charge < -0.3 is 10.2 Å². The molecule has 0 spiro atoms. The van der Waals surface area contributed by atoms with E-state index in [4.69, 9.17) is 0 Å². The molecule has 1 saturated heterocycles. The molecule has 2 saturated carbocycles. The fourth-order valence-electron chi connectivity index (χ4n) is 4.80. The minimum Gasteiger partial charge on any atom is -0.335 e. The summed E-state index contributed by atoms with van der Waals surface area (Å²) in [5.74, 6) is 0.679. The maximum Gasteiger partial charge on any atom is 0.317 e. The molecule has 2 aliphatic carbocycles. The second kappa shape index (κ2) is 6.99. The van der Waals surface area contributed by atoms with Gasteiger partial charge in [-0.15, -0.1) is 0 Å². The van der Waals surface area contributed by atoms with Crippen LogP contribution in [-0.2, 0) is 9.84 Å². The Kier molecular flexibility index (Phi) is 5.19. The second-order valence-corrected chi connectivity index (χ2v) is 10.0. The first-order valence-corrected chi connectivity index (χ1v) is 11.2. The quantitative estimate of drug-likeness (QED) is 0.857. The molecule has 3 atom stereocenters. The van der Waals surface area contributed by atoms with E-state index in [9.17, 15) is 13.2 Å². The second-order valence-electron chi connectivity index (χ2n) is 7.71. The lowest BCUT2D eigenvalue weighted by Crippen LogP contribution is -2.50. The van der Waals surface area contributed by atoms with Crippen LogP contribution in [0.4, 0.5) is 4.79 Å². The van der Waals surface area contributed by atoms with Crippen LogP contribution in [0.2, 0.25) is 0 Å². The Balaban J connectivity index is 1.57. The smallest absolute Gasteiger partial charge is 0.317 e. The molecule has 0 aromatic heterocycles. The van der Waals surface area contributed by atoms with Crippen LogP contribution in [0, 0.1) is 5.92 Å². The number of carbonyl (C=O) groups excluding carboxylic acids is 1. The summed E-state index contributed by atoms with van der Waals surface area (Å²) in [6, 6.07) is 0.464. The summed E-state index contributed by atoms with van der Waals surface area (Å²) in [5.41, 5.74) is 0. The van der Waals surface area contributed by atoms with E-state index in [0.29, 0.717) is 18.4 Å².